The van der Waals surface area contributed by atoms with Crippen molar-refractivity contribution < 1.29 is 34.4 Å². The summed E-state index contributed by atoms with van der Waals surface area (Å²) in [6.45, 7) is -0.592. The molecule has 0 aromatic heterocycles. The van der Waals surface area contributed by atoms with Gasteiger partial charge in [0.05, 0.1) is 24.7 Å². The van der Waals surface area contributed by atoms with E-state index in [-0.39, 0.29) is 37.9 Å². The number of aliphatic hydroxyl groups is 3. The highest BCUT2D eigenvalue weighted by Gasteiger charge is 2.00. The fourth-order valence-corrected chi connectivity index (χ4v) is 0.643. The van der Waals surface area contributed by atoms with Gasteiger partial charge in [-0.05, 0) is 0 Å². The molecule has 0 saturated heterocycles. The molecule has 0 fully saturated rings. The number of rotatable bonds is 7. The van der Waals surface area contributed by atoms with Crippen LogP contribution < -0.4 is 0 Å². The maximum absolute atomic E-state index is 10.5. The van der Waals surface area contributed by atoms with Crippen LogP contribution in [0, 0.1) is 0 Å². The molecule has 0 aliphatic carbocycles. The second kappa shape index (κ2) is 14.6. The Bertz CT molecular complexity index is 203. The summed E-state index contributed by atoms with van der Waals surface area (Å²) in [6, 6.07) is 0. The highest BCUT2D eigenvalue weighted by molar-refractivity contribution is 7.81. The summed E-state index contributed by atoms with van der Waals surface area (Å²) < 4.78 is 9.14. The van der Waals surface area contributed by atoms with E-state index in [2.05, 4.69) is 34.7 Å². The number of carbonyl (C=O) groups is 2. The van der Waals surface area contributed by atoms with E-state index in [0.717, 1.165) is 0 Å². The Labute approximate surface area is 116 Å². The number of ether oxygens (including phenoxy) is 2. The first-order chi connectivity index (χ1) is 8.51. The van der Waals surface area contributed by atoms with E-state index >= 15 is 0 Å². The maximum Gasteiger partial charge on any atom is 0.315 e. The third-order valence-corrected chi connectivity index (χ3v) is 1.81. The summed E-state index contributed by atoms with van der Waals surface area (Å²) in [6.07, 6.45) is -0.954. The molecule has 7 nitrogen and oxygen atoms in total. The molecular formula is C9H18O7S2. The second-order valence-electron chi connectivity index (χ2n) is 2.78. The van der Waals surface area contributed by atoms with Crippen molar-refractivity contribution in [2.45, 2.75) is 6.10 Å². The van der Waals surface area contributed by atoms with Gasteiger partial charge in [-0.15, -0.1) is 0 Å². The van der Waals surface area contributed by atoms with E-state index in [4.69, 9.17) is 15.3 Å². The summed E-state index contributed by atoms with van der Waals surface area (Å²) in [5, 5.41) is 24.0. The average molecular weight is 302 g/mol. The molecule has 0 spiro atoms. The quantitative estimate of drug-likeness (QED) is 0.216. The topological polar surface area (TPSA) is 113 Å². The first-order valence-electron chi connectivity index (χ1n) is 4.94. The first-order valence-corrected chi connectivity index (χ1v) is 6.21. The predicted molar refractivity (Wildman–Crippen MR) is 69.8 cm³/mol. The van der Waals surface area contributed by atoms with Crippen LogP contribution in [0.25, 0.3) is 0 Å². The molecule has 0 aromatic carbocycles. The minimum Gasteiger partial charge on any atom is -0.461 e. The van der Waals surface area contributed by atoms with Crippen LogP contribution in [0.5, 0.6) is 0 Å². The Kier molecular flexibility index (Phi) is 16.1. The molecule has 0 heterocycles. The molecule has 0 unspecified atom stereocenters. The number of thiol groups is 2. The number of hydrogen-bond acceptors (Lipinski definition) is 9. The molecule has 0 aromatic rings. The second-order valence-corrected chi connectivity index (χ2v) is 3.41. The zero-order valence-electron chi connectivity index (χ0n) is 9.69. The van der Waals surface area contributed by atoms with E-state index in [1.54, 1.807) is 0 Å². The zero-order valence-corrected chi connectivity index (χ0v) is 11.5. The van der Waals surface area contributed by atoms with Gasteiger partial charge >= 0.3 is 11.9 Å². The van der Waals surface area contributed by atoms with Crippen molar-refractivity contribution in [2.24, 2.45) is 0 Å². The minimum absolute atomic E-state index is 0.0283. The molecule has 108 valence electrons. The molecule has 0 aliphatic heterocycles. The highest BCUT2D eigenvalue weighted by Crippen LogP contribution is 1.85. The average Bonchev–Trinajstić information content (AvgIpc) is 2.42. The number of hydrogen-bond donors (Lipinski definition) is 5. The zero-order chi connectivity index (χ0) is 14.4. The summed E-state index contributed by atoms with van der Waals surface area (Å²) in [5.41, 5.74) is 0. The summed E-state index contributed by atoms with van der Waals surface area (Å²) >= 11 is 7.36. The van der Waals surface area contributed by atoms with E-state index in [9.17, 15) is 9.59 Å². The molecule has 0 atom stereocenters. The standard InChI is InChI=1S/C6H10O4S2.C3H8O3/c7-5(3-11)9-1-2-10-6(8)4-12;4-1-3(6)2-5/h11-12H,1-4H2;3-6H,1-2H2. The van der Waals surface area contributed by atoms with Crippen LogP contribution in [0.15, 0.2) is 0 Å². The lowest BCUT2D eigenvalue weighted by Gasteiger charge is -2.03. The van der Waals surface area contributed by atoms with Crippen molar-refractivity contribution in [3.8, 4) is 0 Å². The van der Waals surface area contributed by atoms with Gasteiger partial charge in [0.25, 0.3) is 0 Å². The minimum atomic E-state index is -0.954. The van der Waals surface area contributed by atoms with Crippen LogP contribution >= 0.6 is 25.3 Å². The molecule has 18 heavy (non-hydrogen) atoms. The van der Waals surface area contributed by atoms with Gasteiger partial charge < -0.3 is 24.8 Å². The molecular weight excluding hydrogens is 284 g/mol. The van der Waals surface area contributed by atoms with E-state index < -0.39 is 18.0 Å². The van der Waals surface area contributed by atoms with Crippen LogP contribution in [0.2, 0.25) is 0 Å². The Balaban J connectivity index is 0. The van der Waals surface area contributed by atoms with E-state index in [0.29, 0.717) is 0 Å². The smallest absolute Gasteiger partial charge is 0.315 e. The predicted octanol–water partition coefficient (Wildman–Crippen LogP) is -1.74. The Morgan fingerprint density at radius 3 is 1.44 bits per heavy atom. The normalized spacial score (nSPS) is 9.44. The number of carbonyl (C=O) groups excluding carboxylic acids is 2. The van der Waals surface area contributed by atoms with Crippen LogP contribution in [0.1, 0.15) is 0 Å². The van der Waals surface area contributed by atoms with Crippen LogP contribution in [-0.2, 0) is 19.1 Å². The van der Waals surface area contributed by atoms with Crippen LogP contribution in [0.4, 0.5) is 0 Å². The third-order valence-electron chi connectivity index (χ3n) is 1.29. The van der Waals surface area contributed by atoms with Gasteiger partial charge in [-0.2, -0.15) is 25.3 Å². The van der Waals surface area contributed by atoms with Crippen LogP contribution in [-0.4, -0.2) is 71.3 Å². The fraction of sp³-hybridized carbons (Fsp3) is 0.778. The van der Waals surface area contributed by atoms with Crippen molar-refractivity contribution in [1.82, 2.24) is 0 Å². The summed E-state index contributed by atoms with van der Waals surface area (Å²) in [4.78, 5) is 20.9. The summed E-state index contributed by atoms with van der Waals surface area (Å²) in [5.74, 6) is -0.804. The fourth-order valence-electron chi connectivity index (χ4n) is 0.460. The first kappa shape index (κ1) is 19.9. The van der Waals surface area contributed by atoms with Crippen LogP contribution in [0.3, 0.4) is 0 Å². The Morgan fingerprint density at radius 1 is 0.944 bits per heavy atom. The Hall–Kier alpha value is -0.480. The molecule has 0 radical (unpaired) electrons. The SMILES string of the molecule is O=C(CS)OCCOC(=O)CS.OCC(O)CO. The van der Waals surface area contributed by atoms with E-state index in [1.807, 2.05) is 0 Å². The van der Waals surface area contributed by atoms with Gasteiger partial charge in [-0.3, -0.25) is 9.59 Å². The van der Waals surface area contributed by atoms with Gasteiger partial charge in [0, 0.05) is 0 Å². The molecule has 0 aliphatic rings. The lowest BCUT2D eigenvalue weighted by Crippen LogP contribution is -2.15. The number of aliphatic hydroxyl groups excluding tert-OH is 3. The monoisotopic (exact) mass is 302 g/mol. The lowest BCUT2D eigenvalue weighted by atomic mass is 10.4. The van der Waals surface area contributed by atoms with Gasteiger partial charge in [-0.25, -0.2) is 0 Å². The maximum atomic E-state index is 10.5. The van der Waals surface area contributed by atoms with Crippen molar-refractivity contribution in [1.29, 1.82) is 0 Å². The highest BCUT2D eigenvalue weighted by atomic mass is 32.1. The van der Waals surface area contributed by atoms with Crippen molar-refractivity contribution in [3.05, 3.63) is 0 Å². The van der Waals surface area contributed by atoms with Gasteiger partial charge in [0.1, 0.15) is 19.3 Å². The lowest BCUT2D eigenvalue weighted by molar-refractivity contribution is -0.148. The third kappa shape index (κ3) is 15.5. The van der Waals surface area contributed by atoms with Gasteiger partial charge in [0.2, 0.25) is 0 Å². The molecule has 9 heteroatoms. The molecule has 0 amide bonds. The number of esters is 2. The van der Waals surface area contributed by atoms with Gasteiger partial charge in [0.15, 0.2) is 0 Å². The molecule has 3 N–H and O–H groups in total. The molecule has 0 bridgehead atoms. The molecule has 0 rings (SSSR count). The summed E-state index contributed by atoms with van der Waals surface area (Å²) in [7, 11) is 0. The van der Waals surface area contributed by atoms with E-state index in [1.165, 1.54) is 0 Å². The Morgan fingerprint density at radius 2 is 1.28 bits per heavy atom. The van der Waals surface area contributed by atoms with Crippen molar-refractivity contribution in [3.63, 3.8) is 0 Å². The molecule has 0 saturated carbocycles. The largest absolute Gasteiger partial charge is 0.461 e. The van der Waals surface area contributed by atoms with Crippen molar-refractivity contribution in [2.75, 3.05) is 37.9 Å². The van der Waals surface area contributed by atoms with Gasteiger partial charge in [-0.1, -0.05) is 0 Å². The van der Waals surface area contributed by atoms with Crippen molar-refractivity contribution >= 4 is 37.2 Å².